The number of nitrogens with zero attached hydrogens (tertiary/aromatic N) is 1. The summed E-state index contributed by atoms with van der Waals surface area (Å²) in [7, 11) is 0. The molecule has 0 bridgehead atoms. The molecule has 1 aromatic heterocycles. The van der Waals surface area contributed by atoms with Gasteiger partial charge >= 0.3 is 0 Å². The normalized spacial score (nSPS) is 12.6. The number of hydrogen-bond acceptors (Lipinski definition) is 3. The van der Waals surface area contributed by atoms with Gasteiger partial charge in [0.1, 0.15) is 5.82 Å². The monoisotopic (exact) mass is 292 g/mol. The summed E-state index contributed by atoms with van der Waals surface area (Å²) in [4.78, 5) is 5.94. The summed E-state index contributed by atoms with van der Waals surface area (Å²) in [6.45, 7) is 7.42. The van der Waals surface area contributed by atoms with E-state index in [-0.39, 0.29) is 5.82 Å². The van der Waals surface area contributed by atoms with Crippen LogP contribution in [0, 0.1) is 12.7 Å². The fourth-order valence-electron chi connectivity index (χ4n) is 2.17. The maximum Gasteiger partial charge on any atom is 0.123 e. The van der Waals surface area contributed by atoms with E-state index in [0.717, 1.165) is 35.7 Å². The second kappa shape index (κ2) is 6.95. The van der Waals surface area contributed by atoms with Crippen molar-refractivity contribution in [3.63, 3.8) is 0 Å². The van der Waals surface area contributed by atoms with Crippen LogP contribution in [0.15, 0.2) is 24.3 Å². The number of rotatable bonds is 6. The summed E-state index contributed by atoms with van der Waals surface area (Å²) < 4.78 is 12.9. The quantitative estimate of drug-likeness (QED) is 0.861. The second-order valence-electron chi connectivity index (χ2n) is 5.04. The Kier molecular flexibility index (Phi) is 5.26. The number of nitrogens with one attached hydrogen (secondary N) is 1. The molecule has 0 fully saturated rings. The number of aryl methyl sites for hydroxylation is 1. The summed E-state index contributed by atoms with van der Waals surface area (Å²) >= 11 is 1.75. The van der Waals surface area contributed by atoms with E-state index in [1.165, 1.54) is 17.0 Å². The first-order valence-electron chi connectivity index (χ1n) is 7.04. The molecule has 2 aromatic rings. The Morgan fingerprint density at radius 1 is 1.30 bits per heavy atom. The van der Waals surface area contributed by atoms with Gasteiger partial charge in [0.15, 0.2) is 0 Å². The van der Waals surface area contributed by atoms with E-state index in [0.29, 0.717) is 6.04 Å². The molecule has 2 rings (SSSR count). The van der Waals surface area contributed by atoms with Gasteiger partial charge in [-0.3, -0.25) is 0 Å². The first-order valence-corrected chi connectivity index (χ1v) is 7.85. The molecule has 1 N–H and O–H groups in total. The molecule has 0 aliphatic carbocycles. The van der Waals surface area contributed by atoms with Crippen molar-refractivity contribution in [3.8, 4) is 0 Å². The Morgan fingerprint density at radius 2 is 2.00 bits per heavy atom. The minimum absolute atomic E-state index is 0.192. The number of hydrogen-bond donors (Lipinski definition) is 1. The molecule has 2 nitrogen and oxygen atoms in total. The van der Waals surface area contributed by atoms with Gasteiger partial charge in [-0.05, 0) is 44.5 Å². The summed E-state index contributed by atoms with van der Waals surface area (Å²) in [6.07, 6.45) is 1.90. The summed E-state index contributed by atoms with van der Waals surface area (Å²) in [5.74, 6) is -0.192. The van der Waals surface area contributed by atoms with E-state index >= 15 is 0 Å². The van der Waals surface area contributed by atoms with Crippen molar-refractivity contribution in [3.05, 3.63) is 51.2 Å². The first-order chi connectivity index (χ1) is 9.60. The molecule has 108 valence electrons. The predicted octanol–water partition coefficient (Wildman–Crippen LogP) is 4.24. The van der Waals surface area contributed by atoms with E-state index in [2.05, 4.69) is 31.1 Å². The van der Waals surface area contributed by atoms with Crippen molar-refractivity contribution in [2.45, 2.75) is 39.7 Å². The topological polar surface area (TPSA) is 24.9 Å². The van der Waals surface area contributed by atoms with Crippen molar-refractivity contribution in [2.75, 3.05) is 6.54 Å². The van der Waals surface area contributed by atoms with E-state index in [1.807, 2.05) is 12.1 Å². The van der Waals surface area contributed by atoms with Gasteiger partial charge in [-0.15, -0.1) is 11.3 Å². The minimum Gasteiger partial charge on any atom is -0.309 e. The first kappa shape index (κ1) is 15.1. The van der Waals surface area contributed by atoms with E-state index in [9.17, 15) is 4.39 Å². The van der Waals surface area contributed by atoms with Crippen molar-refractivity contribution in [2.24, 2.45) is 0 Å². The van der Waals surface area contributed by atoms with Crippen LogP contribution in [-0.4, -0.2) is 11.5 Å². The van der Waals surface area contributed by atoms with Crippen LogP contribution in [0.2, 0.25) is 0 Å². The molecule has 0 aliphatic rings. The Hall–Kier alpha value is -1.26. The summed E-state index contributed by atoms with van der Waals surface area (Å²) in [5, 5.41) is 4.59. The van der Waals surface area contributed by atoms with Crippen molar-refractivity contribution in [1.29, 1.82) is 0 Å². The average molecular weight is 292 g/mol. The molecule has 0 aliphatic heterocycles. The van der Waals surface area contributed by atoms with Gasteiger partial charge in [-0.2, -0.15) is 0 Å². The zero-order valence-corrected chi connectivity index (χ0v) is 13.1. The lowest BCUT2D eigenvalue weighted by Gasteiger charge is -2.11. The lowest BCUT2D eigenvalue weighted by molar-refractivity contribution is 0.575. The van der Waals surface area contributed by atoms with Crippen LogP contribution in [0.5, 0.6) is 0 Å². The number of benzene rings is 1. The highest BCUT2D eigenvalue weighted by atomic mass is 32.1. The molecule has 20 heavy (non-hydrogen) atoms. The number of thiazole rings is 1. The van der Waals surface area contributed by atoms with E-state index in [1.54, 1.807) is 11.3 Å². The molecule has 0 saturated carbocycles. The number of halogens is 1. The molecular formula is C16H21FN2S. The number of aromatic nitrogens is 1. The van der Waals surface area contributed by atoms with Gasteiger partial charge in [0.2, 0.25) is 0 Å². The maximum atomic E-state index is 12.9. The molecule has 1 atom stereocenters. The molecule has 1 unspecified atom stereocenters. The van der Waals surface area contributed by atoms with E-state index < -0.39 is 0 Å². The van der Waals surface area contributed by atoms with Gasteiger partial charge in [0.25, 0.3) is 0 Å². The van der Waals surface area contributed by atoms with Crippen molar-refractivity contribution >= 4 is 11.3 Å². The maximum absolute atomic E-state index is 12.9. The highest BCUT2D eigenvalue weighted by Gasteiger charge is 2.13. The van der Waals surface area contributed by atoms with Crippen LogP contribution in [-0.2, 0) is 6.42 Å². The SMILES string of the molecule is CCCNC(C)c1sc(Cc2ccc(F)cc2)nc1C. The lowest BCUT2D eigenvalue weighted by Crippen LogP contribution is -2.18. The van der Waals surface area contributed by atoms with Crippen molar-refractivity contribution in [1.82, 2.24) is 10.3 Å². The van der Waals surface area contributed by atoms with Crippen LogP contribution in [0.4, 0.5) is 4.39 Å². The molecule has 4 heteroatoms. The standard InChI is InChI=1S/C16H21FN2S/c1-4-9-18-11(2)16-12(3)19-15(20-16)10-13-5-7-14(17)8-6-13/h5-8,11,18H,4,9-10H2,1-3H3. The molecule has 0 amide bonds. The van der Waals surface area contributed by atoms with Crippen LogP contribution in [0.25, 0.3) is 0 Å². The van der Waals surface area contributed by atoms with Crippen LogP contribution < -0.4 is 5.32 Å². The molecule has 0 saturated heterocycles. The van der Waals surface area contributed by atoms with Gasteiger partial charge in [-0.25, -0.2) is 9.37 Å². The summed E-state index contributed by atoms with van der Waals surface area (Å²) in [5.41, 5.74) is 2.20. The zero-order chi connectivity index (χ0) is 14.5. The molecular weight excluding hydrogens is 271 g/mol. The highest BCUT2D eigenvalue weighted by Crippen LogP contribution is 2.26. The summed E-state index contributed by atoms with van der Waals surface area (Å²) in [6, 6.07) is 6.99. The largest absolute Gasteiger partial charge is 0.309 e. The average Bonchev–Trinajstić information content (AvgIpc) is 2.79. The highest BCUT2D eigenvalue weighted by molar-refractivity contribution is 7.11. The Balaban J connectivity index is 2.08. The zero-order valence-electron chi connectivity index (χ0n) is 12.2. The lowest BCUT2D eigenvalue weighted by atomic mass is 10.1. The molecule has 0 radical (unpaired) electrons. The smallest absolute Gasteiger partial charge is 0.123 e. The Labute approximate surface area is 124 Å². The van der Waals surface area contributed by atoms with Gasteiger partial charge in [-0.1, -0.05) is 19.1 Å². The van der Waals surface area contributed by atoms with Crippen LogP contribution >= 0.6 is 11.3 Å². The molecule has 0 spiro atoms. The van der Waals surface area contributed by atoms with E-state index in [4.69, 9.17) is 0 Å². The molecule has 1 aromatic carbocycles. The minimum atomic E-state index is -0.192. The Bertz CT molecular complexity index is 548. The van der Waals surface area contributed by atoms with Crippen LogP contribution in [0.3, 0.4) is 0 Å². The molecule has 1 heterocycles. The third-order valence-electron chi connectivity index (χ3n) is 3.24. The second-order valence-corrected chi connectivity index (χ2v) is 6.15. The fourth-order valence-corrected chi connectivity index (χ4v) is 3.30. The third-order valence-corrected chi connectivity index (χ3v) is 4.58. The van der Waals surface area contributed by atoms with Crippen molar-refractivity contribution < 1.29 is 4.39 Å². The van der Waals surface area contributed by atoms with Crippen LogP contribution in [0.1, 0.15) is 47.5 Å². The van der Waals surface area contributed by atoms with Gasteiger partial charge < -0.3 is 5.32 Å². The third kappa shape index (κ3) is 3.87. The van der Waals surface area contributed by atoms with Gasteiger partial charge in [0, 0.05) is 17.3 Å². The van der Waals surface area contributed by atoms with Gasteiger partial charge in [0.05, 0.1) is 10.7 Å². The predicted molar refractivity (Wildman–Crippen MR) is 82.8 cm³/mol. The Morgan fingerprint density at radius 3 is 2.65 bits per heavy atom. The fraction of sp³-hybridized carbons (Fsp3) is 0.438.